The summed E-state index contributed by atoms with van der Waals surface area (Å²) in [6, 6.07) is 0. The Morgan fingerprint density at radius 2 is 1.25 bits per heavy atom. The third-order valence-corrected chi connectivity index (χ3v) is 0. The van der Waals surface area contributed by atoms with Crippen LogP contribution in [0.5, 0.6) is 0 Å². The van der Waals surface area contributed by atoms with Gasteiger partial charge in [0.2, 0.25) is 0 Å². The maximum absolute atomic E-state index is 0. The standard InChI is InChI=1S/Bi.Li.Mn.Zn.4H/q;+1;;;;;;-1. The summed E-state index contributed by atoms with van der Waals surface area (Å²) in [6.45, 7) is 0. The van der Waals surface area contributed by atoms with Crippen LogP contribution in [-0.2, 0) is 36.5 Å². The van der Waals surface area contributed by atoms with E-state index in [-0.39, 0.29) is 83.0 Å². The molecule has 0 aliphatic heterocycles. The summed E-state index contributed by atoms with van der Waals surface area (Å²) in [5.41, 5.74) is 0. The van der Waals surface area contributed by atoms with E-state index in [0.29, 0.717) is 0 Å². The minimum Gasteiger partial charge on any atom is -1.00 e. The summed E-state index contributed by atoms with van der Waals surface area (Å²) in [6.07, 6.45) is 0. The second-order valence-corrected chi connectivity index (χ2v) is 0. The molecule has 0 aliphatic carbocycles. The van der Waals surface area contributed by atoms with Gasteiger partial charge >= 0.3 is 45.1 Å². The van der Waals surface area contributed by atoms with Gasteiger partial charge in [0.1, 0.15) is 0 Å². The van der Waals surface area contributed by atoms with Crippen LogP contribution in [0.3, 0.4) is 0 Å². The average molecular weight is 340 g/mol. The summed E-state index contributed by atoms with van der Waals surface area (Å²) < 4.78 is 0. The Labute approximate surface area is 81.9 Å². The number of hydrogen-bond acceptors (Lipinski definition) is 0. The van der Waals surface area contributed by atoms with Gasteiger partial charge in [-0.1, -0.05) is 0 Å². The smallest absolute Gasteiger partial charge is 1.00 e. The van der Waals surface area contributed by atoms with Crippen molar-refractivity contribution in [3.63, 3.8) is 0 Å². The second-order valence-electron chi connectivity index (χ2n) is 0. The molecule has 1 radical (unpaired) electrons. The Kier molecular flexibility index (Phi) is 133. The predicted molar refractivity (Wildman–Crippen MR) is 11.1 cm³/mol. The summed E-state index contributed by atoms with van der Waals surface area (Å²) in [5, 5.41) is 0. The molecule has 0 amide bonds. The van der Waals surface area contributed by atoms with E-state index in [1.165, 1.54) is 0 Å². The van der Waals surface area contributed by atoms with E-state index in [2.05, 4.69) is 0 Å². The predicted octanol–water partition coefficient (Wildman–Crippen LogP) is -4.07. The maximum Gasteiger partial charge on any atom is 1.00 e. The van der Waals surface area contributed by atoms with E-state index in [4.69, 9.17) is 0 Å². The van der Waals surface area contributed by atoms with E-state index in [9.17, 15) is 0 Å². The fourth-order valence-electron chi connectivity index (χ4n) is 0. The zero-order valence-corrected chi connectivity index (χ0v) is 12.4. The van der Waals surface area contributed by atoms with Crippen molar-refractivity contribution in [1.29, 1.82) is 0 Å². The molecule has 0 nitrogen and oxygen atoms in total. The van der Waals surface area contributed by atoms with E-state index < -0.39 is 0 Å². The fraction of sp³-hybridized carbons (Fsp3) is 0. The van der Waals surface area contributed by atoms with Crippen molar-refractivity contribution >= 4 is 26.2 Å². The molecule has 0 aliphatic rings. The zero-order chi connectivity index (χ0) is 0. The molecule has 0 aromatic carbocycles. The SMILES string of the molecule is [BiH3].[H-].[Li+].[Mn].[Zn]. The molecule has 0 aromatic heterocycles. The van der Waals surface area contributed by atoms with Gasteiger partial charge in [-0.25, -0.2) is 0 Å². The molecule has 0 N–H and O–H groups in total. The van der Waals surface area contributed by atoms with Gasteiger partial charge in [0.05, 0.1) is 0 Å². The van der Waals surface area contributed by atoms with Crippen LogP contribution < -0.4 is 18.9 Å². The summed E-state index contributed by atoms with van der Waals surface area (Å²) >= 11 is 0. The van der Waals surface area contributed by atoms with Crippen LogP contribution in [0, 0.1) is 0 Å². The summed E-state index contributed by atoms with van der Waals surface area (Å²) in [7, 11) is 0. The summed E-state index contributed by atoms with van der Waals surface area (Å²) in [5.74, 6) is 0. The molecule has 0 heterocycles. The first kappa shape index (κ1) is 30.4. The molecule has 4 heteroatoms. The molecule has 0 saturated carbocycles. The topological polar surface area (TPSA) is 0 Å². The molecule has 0 aromatic rings. The third-order valence-electron chi connectivity index (χ3n) is 0. The Balaban J connectivity index is 0. The van der Waals surface area contributed by atoms with E-state index in [1.54, 1.807) is 0 Å². The molecule has 4 heavy (non-hydrogen) atoms. The van der Waals surface area contributed by atoms with Gasteiger partial charge in [0.15, 0.2) is 0 Å². The molecule has 0 saturated heterocycles. The minimum absolute atomic E-state index is 0. The van der Waals surface area contributed by atoms with Gasteiger partial charge in [-0.3, -0.25) is 0 Å². The zero-order valence-electron chi connectivity index (χ0n) is 3.79. The van der Waals surface area contributed by atoms with Crippen LogP contribution >= 0.6 is 0 Å². The molecule has 0 unspecified atom stereocenters. The molecule has 0 bridgehead atoms. The van der Waals surface area contributed by atoms with Crippen molar-refractivity contribution in [3.8, 4) is 0 Å². The van der Waals surface area contributed by atoms with Crippen molar-refractivity contribution in [1.82, 2.24) is 0 Å². The molecular formula is H4BiLiMnZn. The van der Waals surface area contributed by atoms with Crippen molar-refractivity contribution < 1.29 is 56.8 Å². The average Bonchev–Trinajstić information content (AvgIpc) is 0. The maximum atomic E-state index is 0. The quantitative estimate of drug-likeness (QED) is 0.394. The second kappa shape index (κ2) is 17.5. The first-order valence-corrected chi connectivity index (χ1v) is 0. The first-order chi connectivity index (χ1) is 0. The van der Waals surface area contributed by atoms with Crippen LogP contribution in [0.15, 0.2) is 0 Å². The van der Waals surface area contributed by atoms with Gasteiger partial charge in [-0.15, -0.1) is 0 Å². The number of hydrogen-bond donors (Lipinski definition) is 0. The van der Waals surface area contributed by atoms with Gasteiger partial charge in [-0.05, 0) is 0 Å². The largest absolute Gasteiger partial charge is 1.00 e. The van der Waals surface area contributed by atoms with Crippen LogP contribution in [0.25, 0.3) is 0 Å². The van der Waals surface area contributed by atoms with Gasteiger partial charge in [-0.2, -0.15) is 0 Å². The fourth-order valence-corrected chi connectivity index (χ4v) is 0. The first-order valence-electron chi connectivity index (χ1n) is 0. The summed E-state index contributed by atoms with van der Waals surface area (Å²) in [4.78, 5) is 0. The van der Waals surface area contributed by atoms with Gasteiger partial charge in [0, 0.05) is 36.5 Å². The van der Waals surface area contributed by atoms with Crippen molar-refractivity contribution in [3.05, 3.63) is 0 Å². The molecule has 19 valence electrons. The Morgan fingerprint density at radius 1 is 1.25 bits per heavy atom. The molecular weight excluding hydrogens is 336 g/mol. The van der Waals surface area contributed by atoms with Gasteiger partial charge < -0.3 is 1.43 Å². The van der Waals surface area contributed by atoms with Crippen LogP contribution in [-0.4, -0.2) is 26.2 Å². The van der Waals surface area contributed by atoms with E-state index >= 15 is 0 Å². The Morgan fingerprint density at radius 3 is 1.25 bits per heavy atom. The molecule has 0 rings (SSSR count). The Hall–Kier alpha value is 2.62. The van der Waals surface area contributed by atoms with Crippen molar-refractivity contribution in [2.45, 2.75) is 0 Å². The molecule has 0 fully saturated rings. The number of rotatable bonds is 0. The molecule has 0 atom stereocenters. The van der Waals surface area contributed by atoms with E-state index in [1.807, 2.05) is 0 Å². The van der Waals surface area contributed by atoms with Crippen molar-refractivity contribution in [2.75, 3.05) is 0 Å². The van der Waals surface area contributed by atoms with Crippen LogP contribution in [0.4, 0.5) is 0 Å². The minimum atomic E-state index is 0. The van der Waals surface area contributed by atoms with E-state index in [0.717, 1.165) is 0 Å². The van der Waals surface area contributed by atoms with Crippen LogP contribution in [0.2, 0.25) is 0 Å². The Bertz CT molecular complexity index is 11.6. The normalized spacial score (nSPS) is 0. The van der Waals surface area contributed by atoms with Crippen molar-refractivity contribution in [2.24, 2.45) is 0 Å². The monoisotopic (exact) mass is 339 g/mol. The van der Waals surface area contributed by atoms with Gasteiger partial charge in [0.25, 0.3) is 0 Å². The van der Waals surface area contributed by atoms with Crippen LogP contribution in [0.1, 0.15) is 1.43 Å². The molecule has 0 spiro atoms. The third kappa shape index (κ3) is 8.82.